The predicted molar refractivity (Wildman–Crippen MR) is 89.2 cm³/mol. The Bertz CT molecular complexity index is 499. The third-order valence-electron chi connectivity index (χ3n) is 3.32. The maximum Gasteiger partial charge on any atom is 0.392 e. The Morgan fingerprint density at radius 3 is 1.18 bits per heavy atom. The fourth-order valence-corrected chi connectivity index (χ4v) is 2.17. The summed E-state index contributed by atoms with van der Waals surface area (Å²) in [7, 11) is 0. The zero-order chi connectivity index (χ0) is 22.1. The standard InChI is InChI=1S/C18H26F6O4/c1-11(2)9-13(15(25)27-7-5-17(19,20)21)14(10-12(3)4)16(26)28-8-6-18(22,23)24/h11-12H,5-10H2,1-4H3/b14-13-. The van der Waals surface area contributed by atoms with E-state index in [4.69, 9.17) is 0 Å². The molecule has 0 saturated heterocycles. The summed E-state index contributed by atoms with van der Waals surface area (Å²) in [6.45, 7) is 5.02. The first-order valence-corrected chi connectivity index (χ1v) is 8.82. The lowest BCUT2D eigenvalue weighted by Gasteiger charge is -2.18. The number of carbonyl (C=O) groups is 2. The van der Waals surface area contributed by atoms with E-state index in [-0.39, 0.29) is 35.8 Å². The minimum absolute atomic E-state index is 0.0152. The SMILES string of the molecule is CC(C)C/C(C(=O)OCCC(F)(F)F)=C(\CC(C)C)C(=O)OCCC(F)(F)F. The van der Waals surface area contributed by atoms with Gasteiger partial charge in [-0.1, -0.05) is 27.7 Å². The van der Waals surface area contributed by atoms with E-state index in [1.165, 1.54) is 0 Å². The van der Waals surface area contributed by atoms with E-state index in [1.807, 2.05) is 0 Å². The second-order valence-corrected chi connectivity index (χ2v) is 7.16. The van der Waals surface area contributed by atoms with E-state index in [9.17, 15) is 35.9 Å². The predicted octanol–water partition coefficient (Wildman–Crippen LogP) is 5.37. The average molecular weight is 420 g/mol. The molecule has 0 fully saturated rings. The molecule has 164 valence electrons. The third-order valence-corrected chi connectivity index (χ3v) is 3.32. The van der Waals surface area contributed by atoms with Crippen molar-refractivity contribution in [1.82, 2.24) is 0 Å². The van der Waals surface area contributed by atoms with Crippen LogP contribution in [0, 0.1) is 11.8 Å². The summed E-state index contributed by atoms with van der Waals surface area (Å²) in [6.07, 6.45) is -11.7. The van der Waals surface area contributed by atoms with Crippen molar-refractivity contribution >= 4 is 11.9 Å². The van der Waals surface area contributed by atoms with Crippen molar-refractivity contribution in [2.75, 3.05) is 13.2 Å². The van der Waals surface area contributed by atoms with Gasteiger partial charge in [-0.3, -0.25) is 0 Å². The largest absolute Gasteiger partial charge is 0.462 e. The number of halogens is 6. The molecule has 0 aromatic heterocycles. The van der Waals surface area contributed by atoms with Crippen LogP contribution < -0.4 is 0 Å². The first kappa shape index (κ1) is 26.3. The van der Waals surface area contributed by atoms with Gasteiger partial charge in [-0.25, -0.2) is 9.59 Å². The average Bonchev–Trinajstić information content (AvgIpc) is 2.47. The summed E-state index contributed by atoms with van der Waals surface area (Å²) in [5, 5.41) is 0. The molecule has 0 N–H and O–H groups in total. The molecule has 0 radical (unpaired) electrons. The van der Waals surface area contributed by atoms with Gasteiger partial charge in [-0.2, -0.15) is 26.3 Å². The molecule has 0 aromatic rings. The number of hydrogen-bond acceptors (Lipinski definition) is 4. The molecular formula is C18H26F6O4. The van der Waals surface area contributed by atoms with E-state index in [0.717, 1.165) is 0 Å². The number of carbonyl (C=O) groups excluding carboxylic acids is 2. The van der Waals surface area contributed by atoms with Crippen molar-refractivity contribution in [1.29, 1.82) is 0 Å². The molecule has 0 aliphatic heterocycles. The van der Waals surface area contributed by atoms with Crippen LogP contribution in [0.2, 0.25) is 0 Å². The van der Waals surface area contributed by atoms with Crippen LogP contribution in [0.4, 0.5) is 26.3 Å². The maximum absolute atomic E-state index is 12.3. The smallest absolute Gasteiger partial charge is 0.392 e. The highest BCUT2D eigenvalue weighted by molar-refractivity contribution is 6.00. The van der Waals surface area contributed by atoms with Crippen molar-refractivity contribution in [3.63, 3.8) is 0 Å². The van der Waals surface area contributed by atoms with Crippen molar-refractivity contribution < 1.29 is 45.4 Å². The van der Waals surface area contributed by atoms with Gasteiger partial charge in [0.25, 0.3) is 0 Å². The molecule has 28 heavy (non-hydrogen) atoms. The van der Waals surface area contributed by atoms with E-state index in [2.05, 4.69) is 9.47 Å². The summed E-state index contributed by atoms with van der Waals surface area (Å²) in [4.78, 5) is 24.6. The molecule has 0 aliphatic carbocycles. The minimum Gasteiger partial charge on any atom is -0.462 e. The number of ether oxygens (including phenoxy) is 2. The summed E-state index contributed by atoms with van der Waals surface area (Å²) < 4.78 is 82.8. The van der Waals surface area contributed by atoms with Crippen LogP contribution in [0.1, 0.15) is 53.4 Å². The molecule has 0 spiro atoms. The van der Waals surface area contributed by atoms with Crippen LogP contribution in [0.15, 0.2) is 11.1 Å². The second-order valence-electron chi connectivity index (χ2n) is 7.16. The van der Waals surface area contributed by atoms with Gasteiger partial charge >= 0.3 is 24.3 Å². The van der Waals surface area contributed by atoms with Crippen LogP contribution in [0.25, 0.3) is 0 Å². The highest BCUT2D eigenvalue weighted by atomic mass is 19.4. The molecule has 0 atom stereocenters. The summed E-state index contributed by atoms with van der Waals surface area (Å²) in [6, 6.07) is 0. The Balaban J connectivity index is 5.51. The summed E-state index contributed by atoms with van der Waals surface area (Å²) in [5.74, 6) is -2.51. The Kier molecular flexibility index (Phi) is 10.6. The van der Waals surface area contributed by atoms with E-state index in [0.29, 0.717) is 0 Å². The van der Waals surface area contributed by atoms with Crippen molar-refractivity contribution in [2.45, 2.75) is 65.7 Å². The lowest BCUT2D eigenvalue weighted by molar-refractivity contribution is -0.159. The Morgan fingerprint density at radius 1 is 0.679 bits per heavy atom. The summed E-state index contributed by atoms with van der Waals surface area (Å²) >= 11 is 0. The molecule has 0 aromatic carbocycles. The fourth-order valence-electron chi connectivity index (χ4n) is 2.17. The minimum atomic E-state index is -4.51. The van der Waals surface area contributed by atoms with Gasteiger partial charge in [0.05, 0.1) is 12.8 Å². The quantitative estimate of drug-likeness (QED) is 0.271. The van der Waals surface area contributed by atoms with Crippen LogP contribution in [0.5, 0.6) is 0 Å². The molecule has 0 aliphatic rings. The van der Waals surface area contributed by atoms with E-state index in [1.54, 1.807) is 27.7 Å². The summed E-state index contributed by atoms with van der Waals surface area (Å²) in [5.41, 5.74) is -0.328. The maximum atomic E-state index is 12.3. The van der Waals surface area contributed by atoms with Crippen LogP contribution in [-0.4, -0.2) is 37.5 Å². The molecule has 0 amide bonds. The molecule has 0 saturated carbocycles. The van der Waals surface area contributed by atoms with Crippen molar-refractivity contribution in [3.8, 4) is 0 Å². The number of rotatable bonds is 10. The van der Waals surface area contributed by atoms with Gasteiger partial charge in [0.15, 0.2) is 0 Å². The van der Waals surface area contributed by atoms with E-state index < -0.39 is 50.3 Å². The number of esters is 2. The van der Waals surface area contributed by atoms with Gasteiger partial charge in [0.1, 0.15) is 13.2 Å². The van der Waals surface area contributed by atoms with Gasteiger partial charge in [0.2, 0.25) is 0 Å². The fraction of sp³-hybridized carbons (Fsp3) is 0.778. The van der Waals surface area contributed by atoms with Gasteiger partial charge in [0, 0.05) is 11.1 Å². The third kappa shape index (κ3) is 12.6. The highest BCUT2D eigenvalue weighted by Crippen LogP contribution is 2.26. The molecule has 0 unspecified atom stereocenters. The second kappa shape index (κ2) is 11.3. The number of hydrogen-bond donors (Lipinski definition) is 0. The molecule has 0 heterocycles. The Labute approximate surface area is 160 Å². The monoisotopic (exact) mass is 420 g/mol. The van der Waals surface area contributed by atoms with Gasteiger partial charge < -0.3 is 9.47 Å². The molecule has 10 heteroatoms. The van der Waals surface area contributed by atoms with Crippen molar-refractivity contribution in [3.05, 3.63) is 11.1 Å². The highest BCUT2D eigenvalue weighted by Gasteiger charge is 2.31. The van der Waals surface area contributed by atoms with Gasteiger partial charge in [-0.05, 0) is 24.7 Å². The number of alkyl halides is 6. The zero-order valence-electron chi connectivity index (χ0n) is 16.3. The first-order chi connectivity index (χ1) is 12.6. The lowest BCUT2D eigenvalue weighted by Crippen LogP contribution is -2.22. The lowest BCUT2D eigenvalue weighted by atomic mass is 9.92. The topological polar surface area (TPSA) is 52.6 Å². The Hall–Kier alpha value is -1.74. The van der Waals surface area contributed by atoms with Crippen molar-refractivity contribution in [2.24, 2.45) is 11.8 Å². The molecule has 0 bridgehead atoms. The molecule has 0 rings (SSSR count). The van der Waals surface area contributed by atoms with Crippen LogP contribution >= 0.6 is 0 Å². The first-order valence-electron chi connectivity index (χ1n) is 8.82. The van der Waals surface area contributed by atoms with Crippen LogP contribution in [0.3, 0.4) is 0 Å². The molecule has 4 nitrogen and oxygen atoms in total. The van der Waals surface area contributed by atoms with Crippen LogP contribution in [-0.2, 0) is 19.1 Å². The zero-order valence-corrected chi connectivity index (χ0v) is 16.3. The van der Waals surface area contributed by atoms with E-state index >= 15 is 0 Å². The normalized spacial score (nSPS) is 13.6. The molecular weight excluding hydrogens is 394 g/mol. The Morgan fingerprint density at radius 2 is 0.964 bits per heavy atom. The van der Waals surface area contributed by atoms with Gasteiger partial charge in [-0.15, -0.1) is 0 Å².